The second-order valence-corrected chi connectivity index (χ2v) is 8.44. The summed E-state index contributed by atoms with van der Waals surface area (Å²) in [5.74, 6) is 2.96. The minimum atomic E-state index is -0.0768. The van der Waals surface area contributed by atoms with Crippen LogP contribution in [0.2, 0.25) is 0 Å². The van der Waals surface area contributed by atoms with Crippen molar-refractivity contribution in [1.82, 2.24) is 30.5 Å². The average molecular weight is 487 g/mol. The number of H-pyrrole nitrogens is 1. The number of allylic oxidation sites excluding steroid dienone is 1. The zero-order valence-corrected chi connectivity index (χ0v) is 19.9. The van der Waals surface area contributed by atoms with Crippen LogP contribution in [0.4, 0.5) is 0 Å². The molecule has 5 rings (SSSR count). The van der Waals surface area contributed by atoms with Crippen LogP contribution in [0.15, 0.2) is 58.1 Å². The number of nitrogens with one attached hydrogen (secondary N) is 1. The molecule has 4 heterocycles. The van der Waals surface area contributed by atoms with E-state index in [4.69, 9.17) is 13.6 Å². The number of benzene rings is 1. The number of aryl methyl sites for hydroxylation is 2. The van der Waals surface area contributed by atoms with Crippen molar-refractivity contribution in [2.75, 3.05) is 6.54 Å². The van der Waals surface area contributed by atoms with Crippen LogP contribution in [0.25, 0.3) is 17.5 Å². The molecule has 0 aliphatic carbocycles. The number of aromatic nitrogens is 5. The highest BCUT2D eigenvalue weighted by Gasteiger charge is 2.23. The molecule has 36 heavy (non-hydrogen) atoms. The number of rotatable bonds is 9. The lowest BCUT2D eigenvalue weighted by Crippen LogP contribution is -2.34. The van der Waals surface area contributed by atoms with E-state index in [2.05, 4.69) is 32.2 Å². The fourth-order valence-corrected chi connectivity index (χ4v) is 4.09. The van der Waals surface area contributed by atoms with Gasteiger partial charge in [0, 0.05) is 25.6 Å². The number of ether oxygens (including phenoxy) is 1. The number of amides is 1. The number of hydrogen-bond donors (Lipinski definition) is 1. The van der Waals surface area contributed by atoms with E-state index in [0.717, 1.165) is 28.8 Å². The molecular weight excluding hydrogens is 460 g/mol. The van der Waals surface area contributed by atoms with Crippen LogP contribution in [-0.2, 0) is 30.8 Å². The maximum Gasteiger partial charge on any atom is 0.246 e. The molecule has 0 atom stereocenters. The average Bonchev–Trinajstić information content (AvgIpc) is 3.67. The SMILES string of the molecule is C=CCCc1nc(COc2cc3c(cc2-c2nn[nH]n2)CCN(C(=O)/C=C/c2ccco2)C3)c(C)o1. The van der Waals surface area contributed by atoms with Crippen molar-refractivity contribution in [3.63, 3.8) is 0 Å². The molecular formula is C26H26N6O4. The van der Waals surface area contributed by atoms with Gasteiger partial charge in [0.05, 0.1) is 11.8 Å². The van der Waals surface area contributed by atoms with Gasteiger partial charge in [0.1, 0.15) is 29.6 Å². The van der Waals surface area contributed by atoms with Gasteiger partial charge in [0.2, 0.25) is 11.7 Å². The molecule has 0 spiro atoms. The highest BCUT2D eigenvalue weighted by molar-refractivity contribution is 5.91. The number of tetrazole rings is 1. The maximum absolute atomic E-state index is 12.8. The molecule has 3 aromatic heterocycles. The van der Waals surface area contributed by atoms with Gasteiger partial charge in [-0.25, -0.2) is 4.98 Å². The monoisotopic (exact) mass is 486 g/mol. The lowest BCUT2D eigenvalue weighted by Gasteiger charge is -2.29. The lowest BCUT2D eigenvalue weighted by atomic mass is 9.96. The number of nitrogens with zero attached hydrogens (tertiary/aromatic N) is 5. The first kappa shape index (κ1) is 23.3. The third kappa shape index (κ3) is 5.12. The predicted octanol–water partition coefficient (Wildman–Crippen LogP) is 4.05. The molecule has 184 valence electrons. The largest absolute Gasteiger partial charge is 0.486 e. The Labute approximate surface area is 207 Å². The minimum Gasteiger partial charge on any atom is -0.486 e. The van der Waals surface area contributed by atoms with Crippen molar-refractivity contribution in [2.24, 2.45) is 0 Å². The summed E-state index contributed by atoms with van der Waals surface area (Å²) >= 11 is 0. The Bertz CT molecular complexity index is 1370. The molecule has 1 amide bonds. The highest BCUT2D eigenvalue weighted by atomic mass is 16.5. The van der Waals surface area contributed by atoms with Gasteiger partial charge in [-0.05, 0) is 66.4 Å². The Morgan fingerprint density at radius 2 is 2.25 bits per heavy atom. The normalized spacial score (nSPS) is 13.2. The van der Waals surface area contributed by atoms with Crippen molar-refractivity contribution in [3.05, 3.63) is 83.5 Å². The summed E-state index contributed by atoms with van der Waals surface area (Å²) in [6.07, 6.45) is 8.81. The summed E-state index contributed by atoms with van der Waals surface area (Å²) in [6.45, 7) is 6.91. The summed E-state index contributed by atoms with van der Waals surface area (Å²) in [5.41, 5.74) is 3.58. The number of oxazole rings is 1. The Morgan fingerprint density at radius 1 is 1.33 bits per heavy atom. The van der Waals surface area contributed by atoms with E-state index in [0.29, 0.717) is 54.9 Å². The van der Waals surface area contributed by atoms with Crippen LogP contribution in [0.5, 0.6) is 5.75 Å². The van der Waals surface area contributed by atoms with Gasteiger partial charge in [0.25, 0.3) is 0 Å². The van der Waals surface area contributed by atoms with E-state index in [1.165, 1.54) is 6.08 Å². The van der Waals surface area contributed by atoms with Crippen molar-refractivity contribution in [3.8, 4) is 17.1 Å². The van der Waals surface area contributed by atoms with Crippen molar-refractivity contribution in [2.45, 2.75) is 39.3 Å². The molecule has 1 N–H and O–H groups in total. The number of aromatic amines is 1. The summed E-state index contributed by atoms with van der Waals surface area (Å²) < 4.78 is 17.2. The van der Waals surface area contributed by atoms with E-state index < -0.39 is 0 Å². The molecule has 0 fully saturated rings. The van der Waals surface area contributed by atoms with Gasteiger partial charge in [-0.3, -0.25) is 4.79 Å². The fraction of sp³-hybridized carbons (Fsp3) is 0.269. The number of furan rings is 1. The topological polar surface area (TPSA) is 123 Å². The summed E-state index contributed by atoms with van der Waals surface area (Å²) in [6, 6.07) is 7.55. The molecule has 4 aromatic rings. The molecule has 10 nitrogen and oxygen atoms in total. The Kier molecular flexibility index (Phi) is 6.74. The number of carbonyl (C=O) groups excluding carboxylic acids is 1. The summed E-state index contributed by atoms with van der Waals surface area (Å²) in [5, 5.41) is 14.5. The first-order valence-electron chi connectivity index (χ1n) is 11.7. The molecule has 0 unspecified atom stereocenters. The lowest BCUT2D eigenvalue weighted by molar-refractivity contribution is -0.126. The number of carbonyl (C=O) groups is 1. The van der Waals surface area contributed by atoms with Crippen LogP contribution >= 0.6 is 0 Å². The van der Waals surface area contributed by atoms with Gasteiger partial charge >= 0.3 is 0 Å². The Balaban J connectivity index is 1.37. The van der Waals surface area contributed by atoms with Gasteiger partial charge in [-0.1, -0.05) is 6.08 Å². The third-order valence-corrected chi connectivity index (χ3v) is 6.01. The first-order chi connectivity index (χ1) is 17.6. The summed E-state index contributed by atoms with van der Waals surface area (Å²) in [7, 11) is 0. The highest BCUT2D eigenvalue weighted by Crippen LogP contribution is 2.34. The van der Waals surface area contributed by atoms with Gasteiger partial charge in [-0.15, -0.1) is 16.8 Å². The van der Waals surface area contributed by atoms with E-state index in [1.54, 1.807) is 29.4 Å². The van der Waals surface area contributed by atoms with Crippen LogP contribution in [-0.4, -0.2) is 43.0 Å². The van der Waals surface area contributed by atoms with Crippen LogP contribution in [0.3, 0.4) is 0 Å². The van der Waals surface area contributed by atoms with Crippen LogP contribution < -0.4 is 4.74 Å². The van der Waals surface area contributed by atoms with Gasteiger partial charge in [-0.2, -0.15) is 5.21 Å². The Hall–Kier alpha value is -4.47. The van der Waals surface area contributed by atoms with E-state index in [-0.39, 0.29) is 12.5 Å². The minimum absolute atomic E-state index is 0.0768. The second-order valence-electron chi connectivity index (χ2n) is 8.44. The van der Waals surface area contributed by atoms with Crippen LogP contribution in [0.1, 0.15) is 40.7 Å². The third-order valence-electron chi connectivity index (χ3n) is 6.01. The number of fused-ring (bicyclic) bond motifs is 1. The standard InChI is InChI=1S/C26H26N6O4/c1-3-4-7-24-27-22(17(2)36-24)16-35-23-14-19-15-32(25(33)9-8-20-6-5-12-34-20)11-10-18(19)13-21(23)26-28-30-31-29-26/h3,5-6,8-9,12-14H,1,4,7,10-11,15-16H2,2H3,(H,28,29,30,31)/b9-8+. The maximum atomic E-state index is 12.8. The Morgan fingerprint density at radius 3 is 3.03 bits per heavy atom. The molecule has 1 aromatic carbocycles. The fourth-order valence-electron chi connectivity index (χ4n) is 4.09. The zero-order valence-electron chi connectivity index (χ0n) is 19.9. The molecule has 1 aliphatic heterocycles. The van der Waals surface area contributed by atoms with Crippen molar-refractivity contribution < 1.29 is 18.4 Å². The molecule has 10 heteroatoms. The molecule has 0 saturated carbocycles. The molecule has 0 radical (unpaired) electrons. The number of hydrogen-bond acceptors (Lipinski definition) is 8. The van der Waals surface area contributed by atoms with Crippen LogP contribution in [0, 0.1) is 6.92 Å². The van der Waals surface area contributed by atoms with Gasteiger partial charge < -0.3 is 18.5 Å². The molecule has 0 saturated heterocycles. The quantitative estimate of drug-likeness (QED) is 0.278. The second kappa shape index (κ2) is 10.4. The van der Waals surface area contributed by atoms with E-state index in [1.807, 2.05) is 25.1 Å². The smallest absolute Gasteiger partial charge is 0.246 e. The first-order valence-corrected chi connectivity index (χ1v) is 11.7. The van der Waals surface area contributed by atoms with Crippen molar-refractivity contribution in [1.29, 1.82) is 0 Å². The van der Waals surface area contributed by atoms with E-state index >= 15 is 0 Å². The molecule has 0 bridgehead atoms. The molecule has 1 aliphatic rings. The summed E-state index contributed by atoms with van der Waals surface area (Å²) in [4.78, 5) is 19.1. The predicted molar refractivity (Wildman–Crippen MR) is 131 cm³/mol. The zero-order chi connectivity index (χ0) is 24.9. The van der Waals surface area contributed by atoms with Crippen molar-refractivity contribution >= 4 is 12.0 Å². The van der Waals surface area contributed by atoms with E-state index in [9.17, 15) is 4.79 Å². The van der Waals surface area contributed by atoms with Gasteiger partial charge in [0.15, 0.2) is 5.89 Å².